The Labute approximate surface area is 187 Å². The zero-order valence-electron chi connectivity index (χ0n) is 19.0. The predicted octanol–water partition coefficient (Wildman–Crippen LogP) is 3.46. The van der Waals surface area contributed by atoms with Gasteiger partial charge in [-0.15, -0.1) is 0 Å². The highest BCUT2D eigenvalue weighted by molar-refractivity contribution is 5.93. The molecule has 0 saturated carbocycles. The van der Waals surface area contributed by atoms with E-state index in [1.165, 1.54) is 0 Å². The molecular weight excluding hydrogens is 410 g/mol. The summed E-state index contributed by atoms with van der Waals surface area (Å²) in [5, 5.41) is 4.30. The lowest BCUT2D eigenvalue weighted by Gasteiger charge is -2.21. The summed E-state index contributed by atoms with van der Waals surface area (Å²) in [4.78, 5) is 15.0. The summed E-state index contributed by atoms with van der Waals surface area (Å²) >= 11 is 0. The number of methoxy groups -OCH3 is 3. The molecular formula is C24H27N3O5. The van der Waals surface area contributed by atoms with Gasteiger partial charge in [-0.05, 0) is 42.8 Å². The van der Waals surface area contributed by atoms with Gasteiger partial charge in [0, 0.05) is 19.2 Å². The molecule has 1 amide bonds. The highest BCUT2D eigenvalue weighted by Gasteiger charge is 2.27. The first-order chi connectivity index (χ1) is 15.5. The quantitative estimate of drug-likeness (QED) is 0.609. The van der Waals surface area contributed by atoms with Crippen molar-refractivity contribution in [2.75, 3.05) is 34.5 Å². The number of amides is 1. The van der Waals surface area contributed by atoms with Crippen molar-refractivity contribution in [3.63, 3.8) is 0 Å². The van der Waals surface area contributed by atoms with E-state index < -0.39 is 0 Å². The highest BCUT2D eigenvalue weighted by Crippen LogP contribution is 2.44. The molecule has 8 heteroatoms. The van der Waals surface area contributed by atoms with Crippen molar-refractivity contribution in [2.45, 2.75) is 13.5 Å². The maximum Gasteiger partial charge on any atom is 0.272 e. The molecule has 2 heterocycles. The summed E-state index contributed by atoms with van der Waals surface area (Å²) in [6.45, 7) is 3.06. The number of carbonyl (C=O) groups is 1. The largest absolute Gasteiger partial charge is 0.496 e. The Morgan fingerprint density at radius 2 is 1.72 bits per heavy atom. The van der Waals surface area contributed by atoms with Crippen molar-refractivity contribution in [3.05, 3.63) is 53.3 Å². The summed E-state index contributed by atoms with van der Waals surface area (Å²) in [6, 6.07) is 11.3. The topological polar surface area (TPSA) is 75.1 Å². The number of fused-ring (bicyclic) bond motifs is 1. The van der Waals surface area contributed by atoms with E-state index in [1.807, 2.05) is 37.3 Å². The van der Waals surface area contributed by atoms with Crippen LogP contribution < -0.4 is 18.9 Å². The summed E-state index contributed by atoms with van der Waals surface area (Å²) in [7, 11) is 6.63. The highest BCUT2D eigenvalue weighted by atomic mass is 16.5. The predicted molar refractivity (Wildman–Crippen MR) is 120 cm³/mol. The van der Waals surface area contributed by atoms with E-state index in [2.05, 4.69) is 5.10 Å². The number of aryl methyl sites for hydroxylation is 2. The molecule has 0 fully saturated rings. The Kier molecular flexibility index (Phi) is 5.94. The second-order valence-corrected chi connectivity index (χ2v) is 7.57. The summed E-state index contributed by atoms with van der Waals surface area (Å²) < 4.78 is 24.5. The Bertz CT molecular complexity index is 1130. The number of rotatable bonds is 5. The van der Waals surface area contributed by atoms with Crippen molar-refractivity contribution >= 4 is 5.91 Å². The number of benzene rings is 2. The van der Waals surface area contributed by atoms with Gasteiger partial charge >= 0.3 is 0 Å². The van der Waals surface area contributed by atoms with Gasteiger partial charge in [0.15, 0.2) is 11.5 Å². The number of carbonyl (C=O) groups excluding carboxylic acids is 1. The molecule has 32 heavy (non-hydrogen) atoms. The van der Waals surface area contributed by atoms with E-state index >= 15 is 0 Å². The van der Waals surface area contributed by atoms with Gasteiger partial charge in [-0.3, -0.25) is 9.48 Å². The van der Waals surface area contributed by atoms with Crippen LogP contribution in [0.3, 0.4) is 0 Å². The second kappa shape index (κ2) is 8.82. The van der Waals surface area contributed by atoms with Crippen LogP contribution in [0, 0.1) is 6.92 Å². The number of aromatic nitrogens is 2. The standard InChI is InChI=1S/C24H27N3O5/c1-15-11-18(26(2)25-15)24(28)27-9-10-32-23-17(14-27)12-16(13-21(23)31-5)22-19(29-3)7-6-8-20(22)30-4/h6-8,11-13H,9-10,14H2,1-5H3. The average Bonchev–Trinajstić information content (AvgIpc) is 3.00. The molecule has 1 aromatic heterocycles. The lowest BCUT2D eigenvalue weighted by molar-refractivity contribution is 0.0722. The van der Waals surface area contributed by atoms with Gasteiger partial charge < -0.3 is 23.8 Å². The average molecular weight is 437 g/mol. The van der Waals surface area contributed by atoms with Crippen molar-refractivity contribution in [3.8, 4) is 34.1 Å². The van der Waals surface area contributed by atoms with Crippen LogP contribution in [0.2, 0.25) is 0 Å². The number of nitrogens with zero attached hydrogens (tertiary/aromatic N) is 3. The van der Waals surface area contributed by atoms with Crippen LogP contribution in [0.15, 0.2) is 36.4 Å². The molecule has 0 spiro atoms. The fourth-order valence-corrected chi connectivity index (χ4v) is 4.06. The van der Waals surface area contributed by atoms with Gasteiger partial charge in [0.1, 0.15) is 23.8 Å². The van der Waals surface area contributed by atoms with E-state index in [4.69, 9.17) is 18.9 Å². The van der Waals surface area contributed by atoms with Crippen LogP contribution in [0.25, 0.3) is 11.1 Å². The fourth-order valence-electron chi connectivity index (χ4n) is 4.06. The molecule has 8 nitrogen and oxygen atoms in total. The molecule has 1 aliphatic heterocycles. The van der Waals surface area contributed by atoms with Gasteiger partial charge in [-0.25, -0.2) is 0 Å². The Morgan fingerprint density at radius 1 is 1.03 bits per heavy atom. The van der Waals surface area contributed by atoms with Gasteiger partial charge in [-0.2, -0.15) is 5.10 Å². The molecule has 0 radical (unpaired) electrons. The molecule has 2 aromatic carbocycles. The summed E-state index contributed by atoms with van der Waals surface area (Å²) in [6.07, 6.45) is 0. The normalized spacial score (nSPS) is 13.1. The van der Waals surface area contributed by atoms with E-state index in [-0.39, 0.29) is 5.91 Å². The first kappa shape index (κ1) is 21.5. The van der Waals surface area contributed by atoms with E-state index in [0.29, 0.717) is 48.4 Å². The van der Waals surface area contributed by atoms with Gasteiger partial charge in [0.2, 0.25) is 0 Å². The second-order valence-electron chi connectivity index (χ2n) is 7.57. The monoisotopic (exact) mass is 437 g/mol. The Morgan fingerprint density at radius 3 is 2.31 bits per heavy atom. The maximum atomic E-state index is 13.2. The maximum absolute atomic E-state index is 13.2. The summed E-state index contributed by atoms with van der Waals surface area (Å²) in [5.74, 6) is 2.50. The zero-order chi connectivity index (χ0) is 22.8. The lowest BCUT2D eigenvalue weighted by atomic mass is 9.99. The molecule has 0 unspecified atom stereocenters. The lowest BCUT2D eigenvalue weighted by Crippen LogP contribution is -2.33. The smallest absolute Gasteiger partial charge is 0.272 e. The van der Waals surface area contributed by atoms with Crippen LogP contribution in [0.4, 0.5) is 0 Å². The molecule has 0 atom stereocenters. The third kappa shape index (κ3) is 3.84. The number of ether oxygens (including phenoxy) is 4. The number of hydrogen-bond acceptors (Lipinski definition) is 6. The van der Waals surface area contributed by atoms with Gasteiger partial charge in [0.25, 0.3) is 5.91 Å². The van der Waals surface area contributed by atoms with Crippen LogP contribution in [-0.2, 0) is 13.6 Å². The molecule has 0 aliphatic carbocycles. The third-order valence-corrected chi connectivity index (χ3v) is 5.55. The van der Waals surface area contributed by atoms with Gasteiger partial charge in [0.05, 0.1) is 39.1 Å². The fraction of sp³-hybridized carbons (Fsp3) is 0.333. The van der Waals surface area contributed by atoms with Crippen molar-refractivity contribution in [1.82, 2.24) is 14.7 Å². The zero-order valence-corrected chi connectivity index (χ0v) is 19.0. The van der Waals surface area contributed by atoms with E-state index in [1.54, 1.807) is 44.0 Å². The number of hydrogen-bond donors (Lipinski definition) is 0. The minimum Gasteiger partial charge on any atom is -0.496 e. The molecule has 0 N–H and O–H groups in total. The first-order valence-electron chi connectivity index (χ1n) is 10.3. The van der Waals surface area contributed by atoms with E-state index in [9.17, 15) is 4.79 Å². The minimum atomic E-state index is -0.0937. The Hall–Kier alpha value is -3.68. The Balaban J connectivity index is 1.79. The molecule has 0 bridgehead atoms. The third-order valence-electron chi connectivity index (χ3n) is 5.55. The van der Waals surface area contributed by atoms with Crippen LogP contribution in [-0.4, -0.2) is 55.1 Å². The van der Waals surface area contributed by atoms with E-state index in [0.717, 1.165) is 22.4 Å². The van der Waals surface area contributed by atoms with Crippen LogP contribution >= 0.6 is 0 Å². The molecule has 3 aromatic rings. The van der Waals surface area contributed by atoms with Crippen molar-refractivity contribution < 1.29 is 23.7 Å². The molecule has 168 valence electrons. The first-order valence-corrected chi connectivity index (χ1v) is 10.3. The van der Waals surface area contributed by atoms with Crippen LogP contribution in [0.5, 0.6) is 23.0 Å². The molecule has 4 rings (SSSR count). The molecule has 0 saturated heterocycles. The molecule has 1 aliphatic rings. The van der Waals surface area contributed by atoms with Crippen molar-refractivity contribution in [2.24, 2.45) is 7.05 Å². The minimum absolute atomic E-state index is 0.0937. The van der Waals surface area contributed by atoms with Crippen molar-refractivity contribution in [1.29, 1.82) is 0 Å². The van der Waals surface area contributed by atoms with Crippen LogP contribution in [0.1, 0.15) is 21.7 Å². The SMILES string of the molecule is COc1cc(-c2c(OC)cccc2OC)cc2c1OCCN(C(=O)c1cc(C)nn1C)C2. The van der Waals surface area contributed by atoms with Gasteiger partial charge in [-0.1, -0.05) is 6.07 Å². The summed E-state index contributed by atoms with van der Waals surface area (Å²) in [5.41, 5.74) is 3.85.